The summed E-state index contributed by atoms with van der Waals surface area (Å²) in [6.07, 6.45) is 2.67. The Balaban J connectivity index is 2.22. The first-order valence-corrected chi connectivity index (χ1v) is 7.59. The maximum Gasteiger partial charge on any atom is 0.152 e. The molecule has 0 spiro atoms. The van der Waals surface area contributed by atoms with Crippen molar-refractivity contribution in [3.63, 3.8) is 0 Å². The molecule has 1 heterocycles. The van der Waals surface area contributed by atoms with Gasteiger partial charge in [-0.25, -0.2) is 0 Å². The summed E-state index contributed by atoms with van der Waals surface area (Å²) in [4.78, 5) is 0. The topological polar surface area (TPSA) is 41.8 Å². The van der Waals surface area contributed by atoms with Crippen LogP contribution in [0.15, 0.2) is 71.6 Å². The van der Waals surface area contributed by atoms with Gasteiger partial charge in [-0.3, -0.25) is 0 Å². The van der Waals surface area contributed by atoms with Gasteiger partial charge in [0.1, 0.15) is 5.71 Å². The predicted molar refractivity (Wildman–Crippen MR) is 87.9 cm³/mol. The van der Waals surface area contributed by atoms with Crippen molar-refractivity contribution >= 4 is 11.3 Å². The second kappa shape index (κ2) is 6.94. The summed E-state index contributed by atoms with van der Waals surface area (Å²) >= 11 is 0. The van der Waals surface area contributed by atoms with Crippen LogP contribution in [0.3, 0.4) is 0 Å². The fourth-order valence-electron chi connectivity index (χ4n) is 2.72. The number of benzene rings is 2. The summed E-state index contributed by atoms with van der Waals surface area (Å²) in [7, 11) is 0. The van der Waals surface area contributed by atoms with Crippen molar-refractivity contribution in [3.8, 4) is 0 Å². The molecule has 2 aromatic rings. The first-order chi connectivity index (χ1) is 10.9. The van der Waals surface area contributed by atoms with E-state index in [-0.39, 0.29) is 0 Å². The van der Waals surface area contributed by atoms with Crippen molar-refractivity contribution in [2.45, 2.75) is 19.3 Å². The molecule has 3 nitrogen and oxygen atoms in total. The Morgan fingerprint density at radius 3 is 2.00 bits per heavy atom. The number of ether oxygens (including phenoxy) is 1. The fourth-order valence-corrected chi connectivity index (χ4v) is 2.72. The second-order valence-corrected chi connectivity index (χ2v) is 5.29. The van der Waals surface area contributed by atoms with Crippen molar-refractivity contribution in [1.29, 1.82) is 0 Å². The zero-order valence-electron chi connectivity index (χ0n) is 12.4. The van der Waals surface area contributed by atoms with Crippen molar-refractivity contribution in [3.05, 3.63) is 77.5 Å². The normalized spacial score (nSPS) is 16.9. The van der Waals surface area contributed by atoms with E-state index in [1.54, 1.807) is 0 Å². The monoisotopic (exact) mass is 293 g/mol. The first kappa shape index (κ1) is 14.4. The molecule has 0 atom stereocenters. The highest BCUT2D eigenvalue weighted by Crippen LogP contribution is 2.30. The molecule has 0 saturated carbocycles. The fraction of sp³-hybridized carbons (Fsp3) is 0.211. The number of oxime groups is 1. The van der Waals surface area contributed by atoms with Crippen molar-refractivity contribution in [1.82, 2.24) is 0 Å². The van der Waals surface area contributed by atoms with Crippen LogP contribution in [0.2, 0.25) is 0 Å². The Kier molecular flexibility index (Phi) is 4.54. The van der Waals surface area contributed by atoms with Crippen LogP contribution in [0.5, 0.6) is 0 Å². The third kappa shape index (κ3) is 3.03. The average molecular weight is 293 g/mol. The van der Waals surface area contributed by atoms with Crippen LogP contribution < -0.4 is 0 Å². The highest BCUT2D eigenvalue weighted by atomic mass is 16.5. The maximum atomic E-state index is 9.40. The molecule has 0 aromatic heterocycles. The van der Waals surface area contributed by atoms with Gasteiger partial charge in [0.05, 0.1) is 6.61 Å². The molecule has 0 amide bonds. The van der Waals surface area contributed by atoms with E-state index in [2.05, 4.69) is 29.4 Å². The zero-order valence-corrected chi connectivity index (χ0v) is 12.4. The number of rotatable bonds is 2. The standard InChI is InChI=1S/C19H19NO2/c21-20-17-13-7-8-14-22-19(17)18(15-9-3-1-4-10-15)16-11-5-2-6-12-16/h1-6,9-12,21H,7-8,13-14H2/b20-17+. The summed E-state index contributed by atoms with van der Waals surface area (Å²) in [6, 6.07) is 20.2. The van der Waals surface area contributed by atoms with Crippen LogP contribution in [-0.4, -0.2) is 17.5 Å². The molecule has 1 aliphatic rings. The number of nitrogens with zero attached hydrogens (tertiary/aromatic N) is 1. The maximum absolute atomic E-state index is 9.40. The highest BCUT2D eigenvalue weighted by Gasteiger charge is 2.21. The van der Waals surface area contributed by atoms with Crippen molar-refractivity contribution in [2.75, 3.05) is 6.61 Å². The molecule has 3 heteroatoms. The van der Waals surface area contributed by atoms with Gasteiger partial charge >= 0.3 is 0 Å². The van der Waals surface area contributed by atoms with Crippen LogP contribution in [-0.2, 0) is 4.74 Å². The predicted octanol–water partition coefficient (Wildman–Crippen LogP) is 4.48. The van der Waals surface area contributed by atoms with Gasteiger partial charge < -0.3 is 9.94 Å². The Bertz CT molecular complexity index is 634. The molecular formula is C19H19NO2. The van der Waals surface area contributed by atoms with Gasteiger partial charge in [-0.2, -0.15) is 0 Å². The zero-order chi connectivity index (χ0) is 15.2. The second-order valence-electron chi connectivity index (χ2n) is 5.29. The average Bonchev–Trinajstić information content (AvgIpc) is 2.83. The third-order valence-corrected chi connectivity index (χ3v) is 3.79. The molecule has 0 unspecified atom stereocenters. The molecule has 3 rings (SSSR count). The van der Waals surface area contributed by atoms with Gasteiger partial charge in [-0.1, -0.05) is 65.8 Å². The van der Waals surface area contributed by atoms with Gasteiger partial charge in [0.25, 0.3) is 0 Å². The number of allylic oxidation sites excluding steroid dienone is 1. The Morgan fingerprint density at radius 1 is 0.864 bits per heavy atom. The van der Waals surface area contributed by atoms with Crippen LogP contribution >= 0.6 is 0 Å². The van der Waals surface area contributed by atoms with E-state index in [1.165, 1.54) is 0 Å². The molecule has 1 fully saturated rings. The van der Waals surface area contributed by atoms with Gasteiger partial charge in [-0.05, 0) is 30.4 Å². The minimum Gasteiger partial charge on any atom is -0.491 e. The van der Waals surface area contributed by atoms with Gasteiger partial charge in [0, 0.05) is 5.57 Å². The van der Waals surface area contributed by atoms with E-state index < -0.39 is 0 Å². The van der Waals surface area contributed by atoms with Crippen LogP contribution in [0.1, 0.15) is 30.4 Å². The molecule has 112 valence electrons. The summed E-state index contributed by atoms with van der Waals surface area (Å²) in [6.45, 7) is 0.650. The first-order valence-electron chi connectivity index (χ1n) is 7.59. The van der Waals surface area contributed by atoms with E-state index in [1.807, 2.05) is 36.4 Å². The van der Waals surface area contributed by atoms with Crippen LogP contribution in [0.4, 0.5) is 0 Å². The summed E-state index contributed by atoms with van der Waals surface area (Å²) in [5, 5.41) is 12.9. The van der Waals surface area contributed by atoms with Crippen molar-refractivity contribution < 1.29 is 9.94 Å². The molecule has 0 aliphatic carbocycles. The summed E-state index contributed by atoms with van der Waals surface area (Å²) in [5.41, 5.74) is 3.73. The highest BCUT2D eigenvalue weighted by molar-refractivity contribution is 6.07. The Morgan fingerprint density at radius 2 is 1.45 bits per heavy atom. The minimum atomic E-state index is 0.625. The molecule has 1 aliphatic heterocycles. The molecule has 0 radical (unpaired) electrons. The summed E-state index contributed by atoms with van der Waals surface area (Å²) in [5.74, 6) is 0.692. The summed E-state index contributed by atoms with van der Waals surface area (Å²) < 4.78 is 5.97. The SMILES string of the molecule is O/N=C1\CCCCOC1=C(c1ccccc1)c1ccccc1. The minimum absolute atomic E-state index is 0.625. The van der Waals surface area contributed by atoms with E-state index in [4.69, 9.17) is 4.74 Å². The molecule has 1 N–H and O–H groups in total. The lowest BCUT2D eigenvalue weighted by Crippen LogP contribution is -2.08. The van der Waals surface area contributed by atoms with Gasteiger partial charge in [-0.15, -0.1) is 0 Å². The number of hydrogen-bond acceptors (Lipinski definition) is 3. The largest absolute Gasteiger partial charge is 0.491 e. The lowest BCUT2D eigenvalue weighted by atomic mass is 9.94. The van der Waals surface area contributed by atoms with Gasteiger partial charge in [0.2, 0.25) is 0 Å². The Hall–Kier alpha value is -2.55. The molecule has 2 aromatic carbocycles. The molecule has 22 heavy (non-hydrogen) atoms. The number of hydrogen-bond donors (Lipinski definition) is 1. The van der Waals surface area contributed by atoms with E-state index in [0.717, 1.165) is 36.0 Å². The molecule has 0 bridgehead atoms. The van der Waals surface area contributed by atoms with E-state index in [9.17, 15) is 5.21 Å². The lowest BCUT2D eigenvalue weighted by molar-refractivity contribution is 0.231. The lowest BCUT2D eigenvalue weighted by Gasteiger charge is -2.16. The van der Waals surface area contributed by atoms with E-state index in [0.29, 0.717) is 18.1 Å². The van der Waals surface area contributed by atoms with E-state index >= 15 is 0 Å². The van der Waals surface area contributed by atoms with Crippen LogP contribution in [0.25, 0.3) is 5.57 Å². The smallest absolute Gasteiger partial charge is 0.152 e. The third-order valence-electron chi connectivity index (χ3n) is 3.79. The van der Waals surface area contributed by atoms with Gasteiger partial charge in [0.15, 0.2) is 5.76 Å². The molecule has 1 saturated heterocycles. The van der Waals surface area contributed by atoms with Crippen molar-refractivity contribution in [2.24, 2.45) is 5.16 Å². The molecular weight excluding hydrogens is 274 g/mol. The Labute approximate surface area is 130 Å². The quantitative estimate of drug-likeness (QED) is 0.655. The van der Waals surface area contributed by atoms with Crippen LogP contribution in [0, 0.1) is 0 Å².